The fraction of sp³-hybridized carbons (Fsp3) is 0.636. The molecular weight excluding hydrogens is 206 g/mol. The van der Waals surface area contributed by atoms with Gasteiger partial charge in [-0.15, -0.1) is 6.58 Å². The number of carbonyl (C=O) groups excluding carboxylic acids is 2. The van der Waals surface area contributed by atoms with E-state index in [0.717, 1.165) is 12.8 Å². The molecular formula is C11H19N3O2. The van der Waals surface area contributed by atoms with Crippen LogP contribution in [0.25, 0.3) is 0 Å². The third-order valence-electron chi connectivity index (χ3n) is 2.85. The molecule has 0 aromatic rings. The van der Waals surface area contributed by atoms with Crippen molar-refractivity contribution in [2.24, 2.45) is 11.5 Å². The van der Waals surface area contributed by atoms with E-state index in [9.17, 15) is 9.59 Å². The van der Waals surface area contributed by atoms with Crippen molar-refractivity contribution in [1.29, 1.82) is 0 Å². The van der Waals surface area contributed by atoms with E-state index in [1.54, 1.807) is 6.08 Å². The molecule has 1 aliphatic rings. The fourth-order valence-corrected chi connectivity index (χ4v) is 1.98. The van der Waals surface area contributed by atoms with Crippen LogP contribution in [0.2, 0.25) is 0 Å². The number of hydrogen-bond acceptors (Lipinski definition) is 3. The molecule has 0 aliphatic carbocycles. The Hall–Kier alpha value is -1.36. The SMILES string of the molecule is C=CCC(N)C(=O)N1CCCCC1C(N)=O. The van der Waals surface area contributed by atoms with Crippen LogP contribution < -0.4 is 11.5 Å². The van der Waals surface area contributed by atoms with Gasteiger partial charge in [-0.2, -0.15) is 0 Å². The van der Waals surface area contributed by atoms with Crippen LogP contribution >= 0.6 is 0 Å². The van der Waals surface area contributed by atoms with Gasteiger partial charge in [-0.1, -0.05) is 6.08 Å². The van der Waals surface area contributed by atoms with Crippen molar-refractivity contribution in [3.63, 3.8) is 0 Å². The molecule has 2 amide bonds. The summed E-state index contributed by atoms with van der Waals surface area (Å²) in [6, 6.07) is -1.10. The highest BCUT2D eigenvalue weighted by atomic mass is 16.2. The Kier molecular flexibility index (Phi) is 4.49. The monoisotopic (exact) mass is 225 g/mol. The molecule has 0 saturated carbocycles. The summed E-state index contributed by atoms with van der Waals surface area (Å²) in [7, 11) is 0. The minimum Gasteiger partial charge on any atom is -0.368 e. The summed E-state index contributed by atoms with van der Waals surface area (Å²) in [5.74, 6) is -0.651. The van der Waals surface area contributed by atoms with Crippen LogP contribution in [0.3, 0.4) is 0 Å². The van der Waals surface area contributed by atoms with E-state index in [2.05, 4.69) is 6.58 Å². The minimum atomic E-state index is -0.613. The number of amides is 2. The lowest BCUT2D eigenvalue weighted by atomic mass is 10.00. The van der Waals surface area contributed by atoms with Crippen molar-refractivity contribution in [1.82, 2.24) is 4.90 Å². The lowest BCUT2D eigenvalue weighted by molar-refractivity contribution is -0.142. The molecule has 5 heteroatoms. The third kappa shape index (κ3) is 2.82. The highest BCUT2D eigenvalue weighted by molar-refractivity contribution is 5.89. The first-order valence-electron chi connectivity index (χ1n) is 5.54. The van der Waals surface area contributed by atoms with Crippen LogP contribution in [0.5, 0.6) is 0 Å². The Morgan fingerprint density at radius 1 is 1.50 bits per heavy atom. The van der Waals surface area contributed by atoms with E-state index in [0.29, 0.717) is 19.4 Å². The smallest absolute Gasteiger partial charge is 0.240 e. The molecule has 0 aromatic heterocycles. The molecule has 0 bridgehead atoms. The van der Waals surface area contributed by atoms with Gasteiger partial charge in [0.2, 0.25) is 11.8 Å². The highest BCUT2D eigenvalue weighted by Gasteiger charge is 2.32. The van der Waals surface area contributed by atoms with Crippen molar-refractivity contribution in [2.45, 2.75) is 37.8 Å². The summed E-state index contributed by atoms with van der Waals surface area (Å²) in [6.07, 6.45) is 4.49. The summed E-state index contributed by atoms with van der Waals surface area (Å²) in [5.41, 5.74) is 11.0. The molecule has 5 nitrogen and oxygen atoms in total. The lowest BCUT2D eigenvalue weighted by Crippen LogP contribution is -2.55. The van der Waals surface area contributed by atoms with Gasteiger partial charge in [0.1, 0.15) is 6.04 Å². The Morgan fingerprint density at radius 2 is 2.19 bits per heavy atom. The third-order valence-corrected chi connectivity index (χ3v) is 2.85. The first-order valence-corrected chi connectivity index (χ1v) is 5.54. The summed E-state index contributed by atoms with van der Waals surface area (Å²) >= 11 is 0. The zero-order valence-electron chi connectivity index (χ0n) is 9.39. The largest absolute Gasteiger partial charge is 0.368 e. The standard InChI is InChI=1S/C11H19N3O2/c1-2-5-8(12)11(16)14-7-4-3-6-9(14)10(13)15/h2,8-9H,1,3-7,12H2,(H2,13,15). The van der Waals surface area contributed by atoms with E-state index in [-0.39, 0.29) is 5.91 Å². The molecule has 0 aromatic carbocycles. The molecule has 1 rings (SSSR count). The molecule has 1 aliphatic heterocycles. The summed E-state index contributed by atoms with van der Waals surface area (Å²) in [6.45, 7) is 4.11. The molecule has 90 valence electrons. The number of hydrogen-bond donors (Lipinski definition) is 2. The molecule has 1 heterocycles. The molecule has 16 heavy (non-hydrogen) atoms. The molecule has 2 unspecified atom stereocenters. The van der Waals surface area contributed by atoms with Crippen molar-refractivity contribution < 1.29 is 9.59 Å². The van der Waals surface area contributed by atoms with Gasteiger partial charge in [-0.25, -0.2) is 0 Å². The number of piperidine rings is 1. The molecule has 1 fully saturated rings. The van der Waals surface area contributed by atoms with Crippen LogP contribution in [0, 0.1) is 0 Å². The van der Waals surface area contributed by atoms with Crippen LogP contribution in [0.1, 0.15) is 25.7 Å². The maximum atomic E-state index is 11.9. The van der Waals surface area contributed by atoms with Gasteiger partial charge in [0.25, 0.3) is 0 Å². The summed E-state index contributed by atoms with van der Waals surface area (Å²) in [5, 5.41) is 0. The molecule has 2 atom stereocenters. The van der Waals surface area contributed by atoms with E-state index >= 15 is 0 Å². The van der Waals surface area contributed by atoms with Crippen molar-refractivity contribution in [3.8, 4) is 0 Å². The Morgan fingerprint density at radius 3 is 2.75 bits per heavy atom. The topological polar surface area (TPSA) is 89.4 Å². The Labute approximate surface area is 95.5 Å². The Bertz CT molecular complexity index is 291. The molecule has 4 N–H and O–H groups in total. The van der Waals surface area contributed by atoms with Gasteiger partial charge in [0.05, 0.1) is 6.04 Å². The number of nitrogens with two attached hydrogens (primary N) is 2. The van der Waals surface area contributed by atoms with Gasteiger partial charge in [0, 0.05) is 6.54 Å². The maximum absolute atomic E-state index is 11.9. The predicted molar refractivity (Wildman–Crippen MR) is 61.3 cm³/mol. The van der Waals surface area contributed by atoms with Crippen LogP contribution in [-0.2, 0) is 9.59 Å². The maximum Gasteiger partial charge on any atom is 0.240 e. The van der Waals surface area contributed by atoms with Gasteiger partial charge in [0.15, 0.2) is 0 Å². The van der Waals surface area contributed by atoms with E-state index in [1.165, 1.54) is 4.90 Å². The fourth-order valence-electron chi connectivity index (χ4n) is 1.98. The summed E-state index contributed by atoms with van der Waals surface area (Å²) < 4.78 is 0. The average molecular weight is 225 g/mol. The van der Waals surface area contributed by atoms with Crippen molar-refractivity contribution >= 4 is 11.8 Å². The number of carbonyl (C=O) groups is 2. The van der Waals surface area contributed by atoms with Gasteiger partial charge < -0.3 is 16.4 Å². The van der Waals surface area contributed by atoms with E-state index < -0.39 is 18.0 Å². The van der Waals surface area contributed by atoms with E-state index in [1.807, 2.05) is 0 Å². The molecule has 1 saturated heterocycles. The highest BCUT2D eigenvalue weighted by Crippen LogP contribution is 2.17. The molecule has 0 radical (unpaired) electrons. The van der Waals surface area contributed by atoms with Gasteiger partial charge >= 0.3 is 0 Å². The quantitative estimate of drug-likeness (QED) is 0.647. The normalized spacial score (nSPS) is 22.6. The number of rotatable bonds is 4. The second-order valence-corrected chi connectivity index (χ2v) is 4.08. The average Bonchev–Trinajstić information content (AvgIpc) is 2.28. The Balaban J connectivity index is 2.70. The zero-order chi connectivity index (χ0) is 12.1. The van der Waals surface area contributed by atoms with Gasteiger partial charge in [-0.3, -0.25) is 9.59 Å². The van der Waals surface area contributed by atoms with Crippen LogP contribution in [0.4, 0.5) is 0 Å². The van der Waals surface area contributed by atoms with Crippen molar-refractivity contribution in [2.75, 3.05) is 6.54 Å². The second kappa shape index (κ2) is 5.65. The first kappa shape index (κ1) is 12.7. The number of nitrogens with zero attached hydrogens (tertiary/aromatic N) is 1. The van der Waals surface area contributed by atoms with E-state index in [4.69, 9.17) is 11.5 Å². The first-order chi connectivity index (χ1) is 7.57. The minimum absolute atomic E-state index is 0.205. The lowest BCUT2D eigenvalue weighted by Gasteiger charge is -2.35. The van der Waals surface area contributed by atoms with Gasteiger partial charge in [-0.05, 0) is 25.7 Å². The van der Waals surface area contributed by atoms with Crippen LogP contribution in [0.15, 0.2) is 12.7 Å². The zero-order valence-corrected chi connectivity index (χ0v) is 9.39. The summed E-state index contributed by atoms with van der Waals surface area (Å²) in [4.78, 5) is 24.7. The number of likely N-dealkylation sites (tertiary alicyclic amines) is 1. The van der Waals surface area contributed by atoms with Crippen molar-refractivity contribution in [3.05, 3.63) is 12.7 Å². The van der Waals surface area contributed by atoms with Crippen LogP contribution in [-0.4, -0.2) is 35.3 Å². The predicted octanol–water partition coefficient (Wildman–Crippen LogP) is -0.244. The second-order valence-electron chi connectivity index (χ2n) is 4.08. The molecule has 0 spiro atoms. The number of primary amides is 1.